The van der Waals surface area contributed by atoms with E-state index in [9.17, 15) is 0 Å². The second-order valence-corrected chi connectivity index (χ2v) is 3.17. The van der Waals surface area contributed by atoms with E-state index >= 15 is 0 Å². The third-order valence-electron chi connectivity index (χ3n) is 2.53. The number of quaternary nitrogens is 1. The number of likely N-dealkylation sites (N-methyl/N-ethyl adjacent to an activating group) is 1. The standard InChI is InChI=1S/C9H20N.C3H6.BrH/c1-5-9-10(6-2,7-3)8-4;1-3-2;/h5H,1,6-9H2,2-4H3;3H,1H2,2H3;1H/q+1;;/p-1. The van der Waals surface area contributed by atoms with Crippen LogP contribution in [0.25, 0.3) is 0 Å². The summed E-state index contributed by atoms with van der Waals surface area (Å²) < 4.78 is 1.18. The molecule has 0 spiro atoms. The van der Waals surface area contributed by atoms with Crippen molar-refractivity contribution in [3.05, 3.63) is 25.3 Å². The minimum Gasteiger partial charge on any atom is -1.00 e. The van der Waals surface area contributed by atoms with Gasteiger partial charge in [0, 0.05) is 0 Å². The average molecular weight is 264 g/mol. The maximum Gasteiger partial charge on any atom is 0.0970 e. The molecule has 0 aliphatic carbocycles. The van der Waals surface area contributed by atoms with Crippen LogP contribution >= 0.6 is 0 Å². The predicted octanol–water partition coefficient (Wildman–Crippen LogP) is 0.245. The summed E-state index contributed by atoms with van der Waals surface area (Å²) in [6, 6.07) is 0. The van der Waals surface area contributed by atoms with Crippen molar-refractivity contribution in [1.29, 1.82) is 0 Å². The maximum atomic E-state index is 3.77. The Balaban J connectivity index is -0.000000267. The topological polar surface area (TPSA) is 0 Å². The van der Waals surface area contributed by atoms with Gasteiger partial charge in [-0.05, 0) is 33.8 Å². The molecule has 0 aliphatic heterocycles. The molecule has 0 saturated heterocycles. The molecule has 2 heteroatoms. The van der Waals surface area contributed by atoms with Crippen LogP contribution in [0.3, 0.4) is 0 Å². The highest BCUT2D eigenvalue weighted by Crippen LogP contribution is 2.04. The predicted molar refractivity (Wildman–Crippen MR) is 62.8 cm³/mol. The summed E-state index contributed by atoms with van der Waals surface area (Å²) >= 11 is 0. The summed E-state index contributed by atoms with van der Waals surface area (Å²) in [6.45, 7) is 20.5. The van der Waals surface area contributed by atoms with Gasteiger partial charge in [-0.2, -0.15) is 0 Å². The zero-order valence-corrected chi connectivity index (χ0v) is 11.8. The van der Waals surface area contributed by atoms with E-state index in [1.54, 1.807) is 6.08 Å². The third-order valence-corrected chi connectivity index (χ3v) is 2.53. The molecule has 0 unspecified atom stereocenters. The van der Waals surface area contributed by atoms with E-state index in [-0.39, 0.29) is 17.0 Å². The Morgan fingerprint density at radius 3 is 1.36 bits per heavy atom. The van der Waals surface area contributed by atoms with Crippen LogP contribution in [0.4, 0.5) is 0 Å². The number of nitrogens with zero attached hydrogens (tertiary/aromatic N) is 1. The first-order valence-electron chi connectivity index (χ1n) is 5.19. The van der Waals surface area contributed by atoms with Crippen molar-refractivity contribution < 1.29 is 21.5 Å². The van der Waals surface area contributed by atoms with Crippen molar-refractivity contribution in [2.75, 3.05) is 26.2 Å². The molecule has 0 amide bonds. The van der Waals surface area contributed by atoms with Crippen LogP contribution in [-0.4, -0.2) is 30.7 Å². The minimum atomic E-state index is 0. The first-order chi connectivity index (χ1) is 6.16. The Kier molecular flexibility index (Phi) is 18.0. The molecule has 14 heavy (non-hydrogen) atoms. The minimum absolute atomic E-state index is 0. The van der Waals surface area contributed by atoms with E-state index in [2.05, 4.69) is 33.9 Å². The first kappa shape index (κ1) is 19.5. The summed E-state index contributed by atoms with van der Waals surface area (Å²) in [5, 5.41) is 0. The van der Waals surface area contributed by atoms with Crippen molar-refractivity contribution >= 4 is 0 Å². The number of halogens is 1. The van der Waals surface area contributed by atoms with E-state index in [0.717, 1.165) is 6.54 Å². The molecular formula is C12H26BrN. The van der Waals surface area contributed by atoms with Gasteiger partial charge in [-0.1, -0.05) is 12.7 Å². The highest BCUT2D eigenvalue weighted by molar-refractivity contribution is 4.65. The second kappa shape index (κ2) is 12.9. The molecule has 0 aromatic carbocycles. The molecule has 86 valence electrons. The molecule has 0 aromatic heterocycles. The van der Waals surface area contributed by atoms with Gasteiger partial charge < -0.3 is 21.5 Å². The largest absolute Gasteiger partial charge is 1.00 e. The number of rotatable bonds is 5. The Bertz CT molecular complexity index is 120. The van der Waals surface area contributed by atoms with Crippen LogP contribution in [0, 0.1) is 0 Å². The monoisotopic (exact) mass is 263 g/mol. The molecule has 0 rings (SSSR count). The van der Waals surface area contributed by atoms with Crippen molar-refractivity contribution in [2.45, 2.75) is 27.7 Å². The Labute approximate surface area is 101 Å². The second-order valence-electron chi connectivity index (χ2n) is 3.17. The van der Waals surface area contributed by atoms with Crippen molar-refractivity contribution in [3.63, 3.8) is 0 Å². The molecule has 0 radical (unpaired) electrons. The molecule has 0 bridgehead atoms. The van der Waals surface area contributed by atoms with Gasteiger partial charge >= 0.3 is 0 Å². The number of hydrogen-bond donors (Lipinski definition) is 0. The average Bonchev–Trinajstić information content (AvgIpc) is 2.16. The van der Waals surface area contributed by atoms with E-state index in [1.165, 1.54) is 24.1 Å². The van der Waals surface area contributed by atoms with Gasteiger partial charge in [0.15, 0.2) is 0 Å². The molecule has 1 nitrogen and oxygen atoms in total. The highest BCUT2D eigenvalue weighted by atomic mass is 79.9. The van der Waals surface area contributed by atoms with E-state index < -0.39 is 0 Å². The first-order valence-corrected chi connectivity index (χ1v) is 5.19. The lowest BCUT2D eigenvalue weighted by atomic mass is 10.3. The quantitative estimate of drug-likeness (QED) is 0.493. The fourth-order valence-corrected chi connectivity index (χ4v) is 1.33. The van der Waals surface area contributed by atoms with E-state index in [0.29, 0.717) is 0 Å². The molecule has 0 heterocycles. The molecule has 0 atom stereocenters. The summed E-state index contributed by atoms with van der Waals surface area (Å²) in [6.07, 6.45) is 3.77. The van der Waals surface area contributed by atoms with Crippen molar-refractivity contribution in [3.8, 4) is 0 Å². The molecule has 0 saturated carbocycles. The van der Waals surface area contributed by atoms with Crippen molar-refractivity contribution in [1.82, 2.24) is 0 Å². The molecular weight excluding hydrogens is 238 g/mol. The van der Waals surface area contributed by atoms with Crippen LogP contribution in [0.1, 0.15) is 27.7 Å². The number of allylic oxidation sites excluding steroid dienone is 1. The fraction of sp³-hybridized carbons (Fsp3) is 0.667. The molecule has 0 aromatic rings. The molecule has 0 aliphatic rings. The van der Waals surface area contributed by atoms with Crippen molar-refractivity contribution in [2.24, 2.45) is 0 Å². The van der Waals surface area contributed by atoms with Gasteiger partial charge in [0.1, 0.15) is 0 Å². The lowest BCUT2D eigenvalue weighted by Gasteiger charge is -2.34. The van der Waals surface area contributed by atoms with Crippen LogP contribution in [0.5, 0.6) is 0 Å². The van der Waals surface area contributed by atoms with Crippen LogP contribution in [0.15, 0.2) is 25.3 Å². The van der Waals surface area contributed by atoms with Crippen LogP contribution in [-0.2, 0) is 0 Å². The van der Waals surface area contributed by atoms with Crippen LogP contribution in [0.2, 0.25) is 0 Å². The van der Waals surface area contributed by atoms with Crippen LogP contribution < -0.4 is 17.0 Å². The van der Waals surface area contributed by atoms with Gasteiger partial charge in [0.05, 0.1) is 26.2 Å². The fourth-order valence-electron chi connectivity index (χ4n) is 1.33. The normalized spacial score (nSPS) is 9.14. The summed E-state index contributed by atoms with van der Waals surface area (Å²) in [7, 11) is 0. The van der Waals surface area contributed by atoms with Gasteiger partial charge in [-0.15, -0.1) is 6.58 Å². The SMILES string of the molecule is C=CC.C=CC[N+](CC)(CC)CC.[Br-]. The van der Waals surface area contributed by atoms with Gasteiger partial charge in [0.25, 0.3) is 0 Å². The summed E-state index contributed by atoms with van der Waals surface area (Å²) in [5.41, 5.74) is 0. The van der Waals surface area contributed by atoms with Gasteiger partial charge in [-0.3, -0.25) is 0 Å². The lowest BCUT2D eigenvalue weighted by Crippen LogP contribution is -3.00. The maximum absolute atomic E-state index is 3.77. The molecule has 0 N–H and O–H groups in total. The summed E-state index contributed by atoms with van der Waals surface area (Å²) in [5.74, 6) is 0. The Morgan fingerprint density at radius 2 is 1.29 bits per heavy atom. The summed E-state index contributed by atoms with van der Waals surface area (Å²) in [4.78, 5) is 0. The third kappa shape index (κ3) is 8.52. The van der Waals surface area contributed by atoms with Gasteiger partial charge in [0.2, 0.25) is 0 Å². The highest BCUT2D eigenvalue weighted by Gasteiger charge is 2.17. The van der Waals surface area contributed by atoms with E-state index in [4.69, 9.17) is 0 Å². The van der Waals surface area contributed by atoms with E-state index in [1.807, 2.05) is 13.0 Å². The molecule has 0 fully saturated rings. The smallest absolute Gasteiger partial charge is 0.0970 e. The zero-order valence-electron chi connectivity index (χ0n) is 10.2. The zero-order chi connectivity index (χ0) is 10.7. The van der Waals surface area contributed by atoms with Gasteiger partial charge in [-0.25, -0.2) is 0 Å². The number of hydrogen-bond acceptors (Lipinski definition) is 0. The Hall–Kier alpha value is -0.0800. The lowest BCUT2D eigenvalue weighted by molar-refractivity contribution is -0.917. The Morgan fingerprint density at radius 1 is 1.00 bits per heavy atom.